The van der Waals surface area contributed by atoms with Gasteiger partial charge < -0.3 is 0 Å². The average Bonchev–Trinajstić information content (AvgIpc) is 2.56. The molecule has 1 N–H and O–H groups in total. The van der Waals surface area contributed by atoms with Crippen LogP contribution in [0.3, 0.4) is 0 Å². The molecule has 6 nitrogen and oxygen atoms in total. The standard InChI is InChI=1S/C10H8N4O2/c11-6-7-13-10(16)14(9(15)12-13)8-4-2-1-3-5-8/h1-5H,7H2,(H,12,15). The zero-order valence-electron chi connectivity index (χ0n) is 8.25. The zero-order chi connectivity index (χ0) is 11.5. The third-order valence-corrected chi connectivity index (χ3v) is 2.10. The fraction of sp³-hybridized carbons (Fsp3) is 0.100. The summed E-state index contributed by atoms with van der Waals surface area (Å²) in [6.45, 7) is -0.173. The van der Waals surface area contributed by atoms with Crippen molar-refractivity contribution in [3.05, 3.63) is 51.3 Å². The molecular weight excluding hydrogens is 208 g/mol. The fourth-order valence-electron chi connectivity index (χ4n) is 1.40. The molecule has 0 spiro atoms. The van der Waals surface area contributed by atoms with Gasteiger partial charge in [-0.1, -0.05) is 18.2 Å². The lowest BCUT2D eigenvalue weighted by molar-refractivity contribution is 0.671. The van der Waals surface area contributed by atoms with Crippen molar-refractivity contribution in [3.8, 4) is 11.8 Å². The maximum Gasteiger partial charge on any atom is 0.352 e. The van der Waals surface area contributed by atoms with Gasteiger partial charge in [-0.3, -0.25) is 0 Å². The molecule has 2 rings (SSSR count). The average molecular weight is 216 g/mol. The molecule has 0 fully saturated rings. The predicted molar refractivity (Wildman–Crippen MR) is 56.3 cm³/mol. The molecular formula is C10H8N4O2. The number of nitrogens with one attached hydrogen (secondary N) is 1. The van der Waals surface area contributed by atoms with Gasteiger partial charge in [0.05, 0.1) is 11.8 Å². The molecule has 16 heavy (non-hydrogen) atoms. The Morgan fingerprint density at radius 3 is 2.56 bits per heavy atom. The van der Waals surface area contributed by atoms with Gasteiger partial charge >= 0.3 is 11.4 Å². The highest BCUT2D eigenvalue weighted by molar-refractivity contribution is 5.30. The van der Waals surface area contributed by atoms with Crippen molar-refractivity contribution in [1.29, 1.82) is 5.26 Å². The molecule has 0 aliphatic carbocycles. The second-order valence-electron chi connectivity index (χ2n) is 3.11. The molecule has 0 amide bonds. The molecule has 1 aromatic carbocycles. The summed E-state index contributed by atoms with van der Waals surface area (Å²) in [5.74, 6) is 0. The van der Waals surface area contributed by atoms with E-state index >= 15 is 0 Å². The molecule has 0 aliphatic heterocycles. The number of nitrogens with zero attached hydrogens (tertiary/aromatic N) is 3. The molecule has 0 atom stereocenters. The summed E-state index contributed by atoms with van der Waals surface area (Å²) in [6.07, 6.45) is 0. The van der Waals surface area contributed by atoms with Crippen molar-refractivity contribution in [3.63, 3.8) is 0 Å². The summed E-state index contributed by atoms with van der Waals surface area (Å²) in [5, 5.41) is 10.8. The SMILES string of the molecule is N#CCn1[nH]c(=O)n(-c2ccccc2)c1=O. The molecule has 0 aliphatic rings. The Labute approximate surface area is 90.0 Å². The Hall–Kier alpha value is -2.55. The molecule has 0 saturated heterocycles. The van der Waals surface area contributed by atoms with E-state index in [1.165, 1.54) is 0 Å². The van der Waals surface area contributed by atoms with Gasteiger partial charge in [-0.15, -0.1) is 0 Å². The highest BCUT2D eigenvalue weighted by Crippen LogP contribution is 1.99. The topological polar surface area (TPSA) is 83.6 Å². The summed E-state index contributed by atoms with van der Waals surface area (Å²) >= 11 is 0. The predicted octanol–water partition coefficient (Wildman–Crippen LogP) is -0.149. The van der Waals surface area contributed by atoms with E-state index in [4.69, 9.17) is 5.26 Å². The normalized spacial score (nSPS) is 9.94. The van der Waals surface area contributed by atoms with Gasteiger partial charge in [-0.05, 0) is 12.1 Å². The van der Waals surface area contributed by atoms with E-state index in [1.54, 1.807) is 36.4 Å². The van der Waals surface area contributed by atoms with Crippen LogP contribution in [0.25, 0.3) is 5.69 Å². The molecule has 0 saturated carbocycles. The van der Waals surface area contributed by atoms with Crippen LogP contribution >= 0.6 is 0 Å². The second-order valence-corrected chi connectivity index (χ2v) is 3.11. The largest absolute Gasteiger partial charge is 0.352 e. The van der Waals surface area contributed by atoms with E-state index in [9.17, 15) is 9.59 Å². The maximum absolute atomic E-state index is 11.7. The lowest BCUT2D eigenvalue weighted by atomic mass is 10.3. The molecule has 2 aromatic rings. The van der Waals surface area contributed by atoms with Crippen molar-refractivity contribution < 1.29 is 0 Å². The zero-order valence-corrected chi connectivity index (χ0v) is 8.25. The summed E-state index contributed by atoms with van der Waals surface area (Å²) in [4.78, 5) is 23.2. The maximum atomic E-state index is 11.7. The van der Waals surface area contributed by atoms with Crippen LogP contribution in [0.15, 0.2) is 39.9 Å². The number of rotatable bonds is 2. The van der Waals surface area contributed by atoms with E-state index in [0.717, 1.165) is 9.25 Å². The number of nitriles is 1. The number of hydrogen-bond donors (Lipinski definition) is 1. The van der Waals surface area contributed by atoms with Crippen molar-refractivity contribution in [1.82, 2.24) is 14.3 Å². The van der Waals surface area contributed by atoms with E-state index in [0.29, 0.717) is 5.69 Å². The first-order valence-corrected chi connectivity index (χ1v) is 4.58. The number of aromatic amines is 1. The van der Waals surface area contributed by atoms with Crippen LogP contribution in [0.5, 0.6) is 0 Å². The first-order chi connectivity index (χ1) is 7.74. The Bertz CT molecular complexity index is 642. The van der Waals surface area contributed by atoms with Crippen LogP contribution in [0.2, 0.25) is 0 Å². The summed E-state index contributed by atoms with van der Waals surface area (Å²) in [5.41, 5.74) is -0.616. The summed E-state index contributed by atoms with van der Waals surface area (Å²) in [6, 6.07) is 10.3. The molecule has 0 unspecified atom stereocenters. The third kappa shape index (κ3) is 1.54. The van der Waals surface area contributed by atoms with Crippen LogP contribution < -0.4 is 11.4 Å². The smallest absolute Gasteiger partial charge is 0.246 e. The van der Waals surface area contributed by atoms with Crippen molar-refractivity contribution in [2.75, 3.05) is 0 Å². The van der Waals surface area contributed by atoms with Gasteiger partial charge in [0, 0.05) is 0 Å². The third-order valence-electron chi connectivity index (χ3n) is 2.10. The van der Waals surface area contributed by atoms with Crippen LogP contribution in [0.4, 0.5) is 0 Å². The van der Waals surface area contributed by atoms with E-state index < -0.39 is 11.4 Å². The number of hydrogen-bond acceptors (Lipinski definition) is 3. The van der Waals surface area contributed by atoms with Crippen LogP contribution in [0, 0.1) is 11.3 Å². The molecule has 0 radical (unpaired) electrons. The minimum Gasteiger partial charge on any atom is -0.246 e. The van der Waals surface area contributed by atoms with E-state index in [2.05, 4.69) is 5.10 Å². The Balaban J connectivity index is 2.64. The van der Waals surface area contributed by atoms with Gasteiger partial charge in [0.1, 0.15) is 6.54 Å². The molecule has 0 bridgehead atoms. The number of para-hydroxylation sites is 1. The molecule has 6 heteroatoms. The second kappa shape index (κ2) is 3.90. The van der Waals surface area contributed by atoms with Crippen molar-refractivity contribution in [2.24, 2.45) is 0 Å². The lowest BCUT2D eigenvalue weighted by Crippen LogP contribution is -2.27. The quantitative estimate of drug-likeness (QED) is 0.757. The van der Waals surface area contributed by atoms with Crippen LogP contribution in [-0.2, 0) is 6.54 Å². The molecule has 1 aromatic heterocycles. The highest BCUT2D eigenvalue weighted by atomic mass is 16.2. The van der Waals surface area contributed by atoms with Gasteiger partial charge in [0.15, 0.2) is 0 Å². The van der Waals surface area contributed by atoms with E-state index in [1.807, 2.05) is 0 Å². The van der Waals surface area contributed by atoms with Gasteiger partial charge in [-0.2, -0.15) is 5.26 Å². The Morgan fingerprint density at radius 2 is 1.94 bits per heavy atom. The number of benzene rings is 1. The van der Waals surface area contributed by atoms with Crippen LogP contribution in [-0.4, -0.2) is 14.3 Å². The summed E-state index contributed by atoms with van der Waals surface area (Å²) < 4.78 is 1.95. The van der Waals surface area contributed by atoms with Crippen LogP contribution in [0.1, 0.15) is 0 Å². The minimum absolute atomic E-state index is 0.173. The summed E-state index contributed by atoms with van der Waals surface area (Å²) in [7, 11) is 0. The van der Waals surface area contributed by atoms with Gasteiger partial charge in [0.25, 0.3) is 0 Å². The first kappa shape index (κ1) is 9.98. The number of aromatic nitrogens is 3. The minimum atomic E-state index is -0.550. The van der Waals surface area contributed by atoms with Gasteiger partial charge in [0.2, 0.25) is 0 Å². The van der Waals surface area contributed by atoms with Crippen molar-refractivity contribution in [2.45, 2.75) is 6.54 Å². The highest BCUT2D eigenvalue weighted by Gasteiger charge is 2.09. The fourth-order valence-corrected chi connectivity index (χ4v) is 1.40. The number of H-pyrrole nitrogens is 1. The van der Waals surface area contributed by atoms with Gasteiger partial charge in [-0.25, -0.2) is 23.9 Å². The lowest BCUT2D eigenvalue weighted by Gasteiger charge is -1.96. The first-order valence-electron chi connectivity index (χ1n) is 4.58. The molecule has 1 heterocycles. The molecule has 80 valence electrons. The monoisotopic (exact) mass is 216 g/mol. The van der Waals surface area contributed by atoms with E-state index in [-0.39, 0.29) is 6.54 Å². The van der Waals surface area contributed by atoms with Crippen molar-refractivity contribution >= 4 is 0 Å². The Kier molecular flexibility index (Phi) is 2.44. The Morgan fingerprint density at radius 1 is 1.25 bits per heavy atom.